The van der Waals surface area contributed by atoms with Gasteiger partial charge in [0.1, 0.15) is 0 Å². The Morgan fingerprint density at radius 2 is 2.11 bits per heavy atom. The molecule has 0 N–H and O–H groups in total. The highest BCUT2D eigenvalue weighted by atomic mass is 127. The summed E-state index contributed by atoms with van der Waals surface area (Å²) in [5, 5.41) is 8.26. The molecule has 18 heavy (non-hydrogen) atoms. The molecule has 0 spiro atoms. The van der Waals surface area contributed by atoms with E-state index in [1.807, 2.05) is 19.4 Å². The average Bonchev–Trinajstić information content (AvgIpc) is 2.84. The van der Waals surface area contributed by atoms with Crippen LogP contribution in [0.4, 0.5) is 0 Å². The summed E-state index contributed by atoms with van der Waals surface area (Å²) < 4.78 is 4.23. The highest BCUT2D eigenvalue weighted by Gasteiger charge is 2.18. The topological polar surface area (TPSA) is 56.0 Å². The van der Waals surface area contributed by atoms with Crippen LogP contribution >= 0.6 is 22.6 Å². The molecule has 2 rings (SSSR count). The zero-order valence-corrected chi connectivity index (χ0v) is 12.6. The van der Waals surface area contributed by atoms with E-state index in [1.54, 1.807) is 34.6 Å². The smallest absolute Gasteiger partial charge is 0.275 e. The lowest BCUT2D eigenvalue weighted by Gasteiger charge is -2.14. The van der Waals surface area contributed by atoms with Crippen molar-refractivity contribution in [3.05, 3.63) is 33.4 Å². The van der Waals surface area contributed by atoms with Crippen LogP contribution in [0.3, 0.4) is 0 Å². The lowest BCUT2D eigenvalue weighted by Crippen LogP contribution is -2.27. The van der Waals surface area contributed by atoms with Gasteiger partial charge in [-0.3, -0.25) is 14.2 Å². The lowest BCUT2D eigenvalue weighted by atomic mass is 10.3. The molecule has 2 aromatic heterocycles. The first-order chi connectivity index (χ1) is 8.47. The molecule has 0 saturated carbocycles. The van der Waals surface area contributed by atoms with Gasteiger partial charge in [0.25, 0.3) is 5.91 Å². The molecular weight excluding hydrogens is 345 g/mol. The molecule has 0 radical (unpaired) electrons. The van der Waals surface area contributed by atoms with Crippen molar-refractivity contribution in [1.29, 1.82) is 0 Å². The normalized spacial score (nSPS) is 10.7. The summed E-state index contributed by atoms with van der Waals surface area (Å²) in [5.41, 5.74) is 1.49. The summed E-state index contributed by atoms with van der Waals surface area (Å²) in [6.45, 7) is 0.527. The van der Waals surface area contributed by atoms with Gasteiger partial charge in [0, 0.05) is 45.6 Å². The number of aryl methyl sites for hydroxylation is 2. The summed E-state index contributed by atoms with van der Waals surface area (Å²) in [4.78, 5) is 13.8. The molecule has 0 atom stereocenters. The second-order valence-corrected chi connectivity index (χ2v) is 5.34. The highest BCUT2D eigenvalue weighted by Crippen LogP contribution is 2.13. The molecule has 0 aliphatic rings. The van der Waals surface area contributed by atoms with E-state index in [1.165, 1.54) is 0 Å². The van der Waals surface area contributed by atoms with E-state index in [4.69, 9.17) is 0 Å². The molecule has 0 aliphatic carbocycles. The second kappa shape index (κ2) is 5.09. The molecule has 2 aromatic rings. The molecule has 0 unspecified atom stereocenters. The van der Waals surface area contributed by atoms with Gasteiger partial charge in [-0.1, -0.05) is 0 Å². The third kappa shape index (κ3) is 2.71. The molecule has 0 aliphatic heterocycles. The van der Waals surface area contributed by atoms with Crippen molar-refractivity contribution < 1.29 is 4.79 Å². The van der Waals surface area contributed by atoms with Gasteiger partial charge in [-0.2, -0.15) is 10.2 Å². The quantitative estimate of drug-likeness (QED) is 0.770. The largest absolute Gasteiger partial charge is 0.336 e. The fourth-order valence-corrected chi connectivity index (χ4v) is 2.43. The predicted molar refractivity (Wildman–Crippen MR) is 74.9 cm³/mol. The minimum atomic E-state index is -0.0798. The number of hydrogen-bond donors (Lipinski definition) is 0. The maximum Gasteiger partial charge on any atom is 0.275 e. The molecule has 0 fully saturated rings. The molecule has 6 nitrogen and oxygen atoms in total. The van der Waals surface area contributed by atoms with Gasteiger partial charge in [-0.15, -0.1) is 0 Å². The number of hydrogen-bond acceptors (Lipinski definition) is 3. The van der Waals surface area contributed by atoms with Gasteiger partial charge in [0.05, 0.1) is 9.77 Å². The van der Waals surface area contributed by atoms with E-state index in [2.05, 4.69) is 32.8 Å². The molecule has 7 heteroatoms. The zero-order valence-electron chi connectivity index (χ0n) is 10.5. The van der Waals surface area contributed by atoms with Crippen molar-refractivity contribution in [1.82, 2.24) is 24.5 Å². The van der Waals surface area contributed by atoms with Gasteiger partial charge in [-0.25, -0.2) is 0 Å². The van der Waals surface area contributed by atoms with Crippen LogP contribution in [0.1, 0.15) is 16.1 Å². The number of carbonyl (C=O) groups is 1. The van der Waals surface area contributed by atoms with Crippen LogP contribution in [0.15, 0.2) is 18.6 Å². The maximum absolute atomic E-state index is 12.2. The minimum absolute atomic E-state index is 0.0798. The first-order valence-corrected chi connectivity index (χ1v) is 6.47. The van der Waals surface area contributed by atoms with Crippen LogP contribution in [0.2, 0.25) is 0 Å². The van der Waals surface area contributed by atoms with Crippen LogP contribution in [0, 0.1) is 3.57 Å². The average molecular weight is 359 g/mol. The van der Waals surface area contributed by atoms with E-state index in [9.17, 15) is 4.79 Å². The molecule has 0 bridgehead atoms. The monoisotopic (exact) mass is 359 g/mol. The Balaban J connectivity index is 2.11. The van der Waals surface area contributed by atoms with Crippen molar-refractivity contribution >= 4 is 28.5 Å². The van der Waals surface area contributed by atoms with E-state index in [0.29, 0.717) is 12.2 Å². The van der Waals surface area contributed by atoms with Gasteiger partial charge < -0.3 is 4.90 Å². The van der Waals surface area contributed by atoms with Crippen molar-refractivity contribution in [2.75, 3.05) is 7.05 Å². The fraction of sp³-hybridized carbons (Fsp3) is 0.364. The molecule has 0 saturated heterocycles. The Bertz CT molecular complexity index is 574. The summed E-state index contributed by atoms with van der Waals surface area (Å²) in [7, 11) is 5.42. The lowest BCUT2D eigenvalue weighted by molar-refractivity contribution is 0.0777. The first-order valence-electron chi connectivity index (χ1n) is 5.39. The van der Waals surface area contributed by atoms with Crippen molar-refractivity contribution in [2.24, 2.45) is 14.1 Å². The van der Waals surface area contributed by atoms with Crippen molar-refractivity contribution in [3.8, 4) is 0 Å². The Kier molecular flexibility index (Phi) is 3.69. The van der Waals surface area contributed by atoms with Gasteiger partial charge >= 0.3 is 0 Å². The van der Waals surface area contributed by atoms with Crippen LogP contribution < -0.4 is 0 Å². The number of aromatic nitrogens is 4. The molecular formula is C11H14IN5O. The van der Waals surface area contributed by atoms with E-state index in [-0.39, 0.29) is 5.91 Å². The molecule has 96 valence electrons. The summed E-state index contributed by atoms with van der Waals surface area (Å²) in [5.74, 6) is -0.0798. The van der Waals surface area contributed by atoms with E-state index >= 15 is 0 Å². The third-order valence-electron chi connectivity index (χ3n) is 2.51. The van der Waals surface area contributed by atoms with Crippen molar-refractivity contribution in [3.63, 3.8) is 0 Å². The van der Waals surface area contributed by atoms with Gasteiger partial charge in [0.2, 0.25) is 0 Å². The standard InChI is InChI=1S/C11H14IN5O/c1-15(5-8-4-13-16(2)6-8)11(18)10-9(12)7-17(3)14-10/h4,6-7H,5H2,1-3H3. The molecule has 0 aromatic carbocycles. The zero-order chi connectivity index (χ0) is 13.3. The third-order valence-corrected chi connectivity index (χ3v) is 3.30. The van der Waals surface area contributed by atoms with Crippen LogP contribution in [-0.2, 0) is 20.6 Å². The molecule has 1 amide bonds. The Labute approximate surface area is 119 Å². The van der Waals surface area contributed by atoms with Crippen LogP contribution in [-0.4, -0.2) is 37.4 Å². The SMILES string of the molecule is CN(Cc1cnn(C)c1)C(=O)c1nn(C)cc1I. The number of carbonyl (C=O) groups excluding carboxylic acids is 1. The fourth-order valence-electron chi connectivity index (χ4n) is 1.68. The maximum atomic E-state index is 12.2. The highest BCUT2D eigenvalue weighted by molar-refractivity contribution is 14.1. The van der Waals surface area contributed by atoms with Crippen LogP contribution in [0.5, 0.6) is 0 Å². The van der Waals surface area contributed by atoms with Gasteiger partial charge in [0.15, 0.2) is 5.69 Å². The number of rotatable bonds is 3. The van der Waals surface area contributed by atoms with Gasteiger partial charge in [-0.05, 0) is 22.6 Å². The summed E-state index contributed by atoms with van der Waals surface area (Å²) in [6, 6.07) is 0. The Morgan fingerprint density at radius 3 is 2.61 bits per heavy atom. The first kappa shape index (κ1) is 13.1. The predicted octanol–water partition coefficient (Wildman–Crippen LogP) is 1.03. The number of amides is 1. The van der Waals surface area contributed by atoms with E-state index in [0.717, 1.165) is 9.13 Å². The Hall–Kier alpha value is -1.38. The second-order valence-electron chi connectivity index (χ2n) is 4.18. The van der Waals surface area contributed by atoms with E-state index < -0.39 is 0 Å². The molecule has 2 heterocycles. The van der Waals surface area contributed by atoms with Crippen LogP contribution in [0.25, 0.3) is 0 Å². The minimum Gasteiger partial charge on any atom is -0.336 e. The summed E-state index contributed by atoms with van der Waals surface area (Å²) in [6.07, 6.45) is 5.48. The number of nitrogens with zero attached hydrogens (tertiary/aromatic N) is 5. The Morgan fingerprint density at radius 1 is 1.39 bits per heavy atom. The number of halogens is 1. The summed E-state index contributed by atoms with van der Waals surface area (Å²) >= 11 is 2.12. The van der Waals surface area contributed by atoms with Crippen molar-refractivity contribution in [2.45, 2.75) is 6.54 Å².